The van der Waals surface area contributed by atoms with Crippen LogP contribution in [0.4, 0.5) is 0 Å². The van der Waals surface area contributed by atoms with Crippen LogP contribution in [0.1, 0.15) is 59.3 Å². The molecule has 0 amide bonds. The van der Waals surface area contributed by atoms with Crippen molar-refractivity contribution in [1.82, 2.24) is 0 Å². The SMILES string of the molecule is CC(C)(C)OC(=O)CC1(CN)CCCCC1. The van der Waals surface area contributed by atoms with Gasteiger partial charge in [-0.25, -0.2) is 0 Å². The van der Waals surface area contributed by atoms with Gasteiger partial charge < -0.3 is 10.5 Å². The highest BCUT2D eigenvalue weighted by Crippen LogP contribution is 2.38. The molecule has 3 heteroatoms. The zero-order valence-electron chi connectivity index (χ0n) is 10.8. The number of carbonyl (C=O) groups excluding carboxylic acids is 1. The molecule has 94 valence electrons. The average molecular weight is 227 g/mol. The molecule has 0 unspecified atom stereocenters. The number of ether oxygens (including phenoxy) is 1. The highest BCUT2D eigenvalue weighted by molar-refractivity contribution is 5.70. The van der Waals surface area contributed by atoms with Crippen LogP contribution in [0.25, 0.3) is 0 Å². The monoisotopic (exact) mass is 227 g/mol. The molecule has 16 heavy (non-hydrogen) atoms. The number of rotatable bonds is 3. The van der Waals surface area contributed by atoms with Crippen molar-refractivity contribution in [3.8, 4) is 0 Å². The molecule has 0 aromatic rings. The van der Waals surface area contributed by atoms with E-state index in [1.54, 1.807) is 0 Å². The molecule has 0 bridgehead atoms. The maximum Gasteiger partial charge on any atom is 0.306 e. The van der Waals surface area contributed by atoms with E-state index in [2.05, 4.69) is 0 Å². The second-order valence-corrected chi connectivity index (χ2v) is 6.03. The third-order valence-electron chi connectivity index (χ3n) is 3.29. The quantitative estimate of drug-likeness (QED) is 0.754. The Kier molecular flexibility index (Phi) is 4.36. The van der Waals surface area contributed by atoms with Crippen molar-refractivity contribution in [3.63, 3.8) is 0 Å². The van der Waals surface area contributed by atoms with Gasteiger partial charge in [0.15, 0.2) is 0 Å². The molecular formula is C13H25NO2. The minimum atomic E-state index is -0.387. The third kappa shape index (κ3) is 4.12. The predicted octanol–water partition coefficient (Wildman–Crippen LogP) is 2.63. The van der Waals surface area contributed by atoms with E-state index in [0.29, 0.717) is 13.0 Å². The highest BCUT2D eigenvalue weighted by atomic mass is 16.6. The first-order chi connectivity index (χ1) is 7.37. The van der Waals surface area contributed by atoms with Gasteiger partial charge in [-0.1, -0.05) is 19.3 Å². The Balaban J connectivity index is 2.52. The van der Waals surface area contributed by atoms with Crippen LogP contribution in [0.5, 0.6) is 0 Å². The molecule has 0 aromatic carbocycles. The molecule has 0 saturated heterocycles. The molecule has 0 radical (unpaired) electrons. The van der Waals surface area contributed by atoms with Gasteiger partial charge in [0.25, 0.3) is 0 Å². The fourth-order valence-electron chi connectivity index (χ4n) is 2.44. The molecule has 0 aromatic heterocycles. The third-order valence-corrected chi connectivity index (χ3v) is 3.29. The van der Waals surface area contributed by atoms with Crippen LogP contribution in [0.15, 0.2) is 0 Å². The van der Waals surface area contributed by atoms with Crippen LogP contribution in [0.3, 0.4) is 0 Å². The van der Waals surface area contributed by atoms with Crippen molar-refractivity contribution in [2.24, 2.45) is 11.1 Å². The Morgan fingerprint density at radius 1 is 1.25 bits per heavy atom. The molecule has 1 saturated carbocycles. The Bertz CT molecular complexity index is 237. The van der Waals surface area contributed by atoms with Crippen molar-refractivity contribution in [3.05, 3.63) is 0 Å². The molecule has 1 aliphatic carbocycles. The molecule has 0 atom stereocenters. The number of hydrogen-bond acceptors (Lipinski definition) is 3. The summed E-state index contributed by atoms with van der Waals surface area (Å²) in [5.74, 6) is -0.0974. The van der Waals surface area contributed by atoms with Crippen LogP contribution >= 0.6 is 0 Å². The first-order valence-corrected chi connectivity index (χ1v) is 6.29. The fourth-order valence-corrected chi connectivity index (χ4v) is 2.44. The van der Waals surface area contributed by atoms with Gasteiger partial charge in [-0.05, 0) is 45.6 Å². The minimum absolute atomic E-state index is 0.0145. The summed E-state index contributed by atoms with van der Waals surface area (Å²) in [6.45, 7) is 6.31. The number of nitrogens with two attached hydrogens (primary N) is 1. The van der Waals surface area contributed by atoms with Gasteiger partial charge in [0.2, 0.25) is 0 Å². The Labute approximate surface area is 98.7 Å². The number of carbonyl (C=O) groups is 1. The van der Waals surface area contributed by atoms with Crippen LogP contribution in [-0.4, -0.2) is 18.1 Å². The first kappa shape index (κ1) is 13.5. The maximum absolute atomic E-state index is 11.8. The van der Waals surface area contributed by atoms with Crippen molar-refractivity contribution < 1.29 is 9.53 Å². The van der Waals surface area contributed by atoms with E-state index in [0.717, 1.165) is 12.8 Å². The summed E-state index contributed by atoms with van der Waals surface area (Å²) >= 11 is 0. The van der Waals surface area contributed by atoms with Gasteiger partial charge in [-0.2, -0.15) is 0 Å². The van der Waals surface area contributed by atoms with E-state index in [-0.39, 0.29) is 17.0 Å². The van der Waals surface area contributed by atoms with E-state index in [9.17, 15) is 4.79 Å². The van der Waals surface area contributed by atoms with Gasteiger partial charge in [0, 0.05) is 0 Å². The molecule has 1 fully saturated rings. The van der Waals surface area contributed by atoms with Crippen molar-refractivity contribution in [1.29, 1.82) is 0 Å². The summed E-state index contributed by atoms with van der Waals surface area (Å²) in [6, 6.07) is 0. The molecule has 0 heterocycles. The Morgan fingerprint density at radius 3 is 2.25 bits per heavy atom. The lowest BCUT2D eigenvalue weighted by molar-refractivity contribution is -0.158. The molecule has 3 nitrogen and oxygen atoms in total. The van der Waals surface area contributed by atoms with Crippen molar-refractivity contribution in [2.75, 3.05) is 6.54 Å². The lowest BCUT2D eigenvalue weighted by atomic mass is 9.72. The fraction of sp³-hybridized carbons (Fsp3) is 0.923. The molecule has 1 aliphatic rings. The summed E-state index contributed by atoms with van der Waals surface area (Å²) in [6.07, 6.45) is 6.29. The molecule has 1 rings (SSSR count). The zero-order valence-corrected chi connectivity index (χ0v) is 10.8. The van der Waals surface area contributed by atoms with Gasteiger partial charge in [0.1, 0.15) is 5.60 Å². The van der Waals surface area contributed by atoms with E-state index in [4.69, 9.17) is 10.5 Å². The lowest BCUT2D eigenvalue weighted by Gasteiger charge is -2.36. The van der Waals surface area contributed by atoms with Gasteiger partial charge >= 0.3 is 5.97 Å². The maximum atomic E-state index is 11.8. The summed E-state index contributed by atoms with van der Waals surface area (Å²) in [4.78, 5) is 11.8. The Morgan fingerprint density at radius 2 is 1.81 bits per heavy atom. The van der Waals surface area contributed by atoms with Crippen molar-refractivity contribution >= 4 is 5.97 Å². The first-order valence-electron chi connectivity index (χ1n) is 6.29. The summed E-state index contributed by atoms with van der Waals surface area (Å²) in [5, 5.41) is 0. The lowest BCUT2D eigenvalue weighted by Crippen LogP contribution is -2.37. The molecular weight excluding hydrogens is 202 g/mol. The van der Waals surface area contributed by atoms with Gasteiger partial charge in [-0.3, -0.25) is 4.79 Å². The van der Waals surface area contributed by atoms with Crippen LogP contribution in [0, 0.1) is 5.41 Å². The largest absolute Gasteiger partial charge is 0.460 e. The van der Waals surface area contributed by atoms with E-state index >= 15 is 0 Å². The highest BCUT2D eigenvalue weighted by Gasteiger charge is 2.34. The standard InChI is InChI=1S/C13H25NO2/c1-12(2,3)16-11(15)9-13(10-14)7-5-4-6-8-13/h4-10,14H2,1-3H3. The second kappa shape index (κ2) is 5.17. The second-order valence-electron chi connectivity index (χ2n) is 6.03. The average Bonchev–Trinajstić information content (AvgIpc) is 2.16. The molecule has 0 spiro atoms. The van der Waals surface area contributed by atoms with Crippen LogP contribution in [0.2, 0.25) is 0 Å². The molecule has 2 N–H and O–H groups in total. The predicted molar refractivity (Wildman–Crippen MR) is 65.0 cm³/mol. The number of hydrogen-bond donors (Lipinski definition) is 1. The summed E-state index contributed by atoms with van der Waals surface area (Å²) < 4.78 is 5.37. The van der Waals surface area contributed by atoms with E-state index in [1.165, 1.54) is 19.3 Å². The van der Waals surface area contributed by atoms with Crippen molar-refractivity contribution in [2.45, 2.75) is 64.9 Å². The summed E-state index contributed by atoms with van der Waals surface area (Å²) in [7, 11) is 0. The zero-order chi connectivity index (χ0) is 12.2. The minimum Gasteiger partial charge on any atom is -0.460 e. The smallest absolute Gasteiger partial charge is 0.306 e. The Hall–Kier alpha value is -0.570. The summed E-state index contributed by atoms with van der Waals surface area (Å²) in [5.41, 5.74) is 5.47. The normalized spacial score (nSPS) is 20.5. The van der Waals surface area contributed by atoms with E-state index in [1.807, 2.05) is 20.8 Å². The van der Waals surface area contributed by atoms with Crippen LogP contribution < -0.4 is 5.73 Å². The van der Waals surface area contributed by atoms with E-state index < -0.39 is 0 Å². The number of esters is 1. The van der Waals surface area contributed by atoms with Gasteiger partial charge in [0.05, 0.1) is 6.42 Å². The topological polar surface area (TPSA) is 52.3 Å². The van der Waals surface area contributed by atoms with Gasteiger partial charge in [-0.15, -0.1) is 0 Å². The molecule has 0 aliphatic heterocycles. The van der Waals surface area contributed by atoms with Crippen LogP contribution in [-0.2, 0) is 9.53 Å².